The Morgan fingerprint density at radius 3 is 2.71 bits per heavy atom. The minimum atomic E-state index is -0.594. The second-order valence-corrected chi connectivity index (χ2v) is 6.36. The number of nitrogens with zero attached hydrogens (tertiary/aromatic N) is 1. The van der Waals surface area contributed by atoms with Crippen LogP contribution in [0.25, 0.3) is 0 Å². The van der Waals surface area contributed by atoms with E-state index in [1.54, 1.807) is 17.4 Å². The van der Waals surface area contributed by atoms with Crippen LogP contribution in [0, 0.1) is 5.82 Å². The van der Waals surface area contributed by atoms with Crippen molar-refractivity contribution in [3.8, 4) is 5.75 Å². The second-order valence-electron chi connectivity index (χ2n) is 5.00. The van der Waals surface area contributed by atoms with E-state index in [1.807, 2.05) is 17.5 Å². The first-order valence-electron chi connectivity index (χ1n) is 6.83. The Labute approximate surface area is 132 Å². The van der Waals surface area contributed by atoms with Crippen molar-refractivity contribution in [1.82, 2.24) is 10.2 Å². The van der Waals surface area contributed by atoms with Gasteiger partial charge in [0, 0.05) is 36.6 Å². The fraction of sp³-hybridized carbons (Fsp3) is 0.333. The predicted octanol–water partition coefficient (Wildman–Crippen LogP) is 3.24. The maximum absolute atomic E-state index is 13.5. The fourth-order valence-corrected chi connectivity index (χ4v) is 3.74. The number of piperazine rings is 1. The molecule has 0 bridgehead atoms. The molecule has 1 aromatic carbocycles. The molecule has 1 aromatic heterocycles. The Kier molecular flexibility index (Phi) is 4.45. The van der Waals surface area contributed by atoms with Crippen LogP contribution in [0.2, 0.25) is 5.02 Å². The highest BCUT2D eigenvalue weighted by Crippen LogP contribution is 2.40. The van der Waals surface area contributed by atoms with Gasteiger partial charge in [0.25, 0.3) is 0 Å². The van der Waals surface area contributed by atoms with Crippen molar-refractivity contribution >= 4 is 22.9 Å². The van der Waals surface area contributed by atoms with Gasteiger partial charge in [-0.25, -0.2) is 4.39 Å². The van der Waals surface area contributed by atoms with Gasteiger partial charge in [0.2, 0.25) is 0 Å². The lowest BCUT2D eigenvalue weighted by molar-refractivity contribution is 0.198. The van der Waals surface area contributed by atoms with Crippen molar-refractivity contribution in [2.45, 2.75) is 6.04 Å². The summed E-state index contributed by atoms with van der Waals surface area (Å²) in [5, 5.41) is 15.4. The van der Waals surface area contributed by atoms with Crippen molar-refractivity contribution in [3.05, 3.63) is 50.9 Å². The molecule has 1 aliphatic rings. The molecule has 0 radical (unpaired) electrons. The Hall–Kier alpha value is -1.14. The first-order chi connectivity index (χ1) is 10.2. The van der Waals surface area contributed by atoms with Crippen LogP contribution in [-0.2, 0) is 0 Å². The van der Waals surface area contributed by atoms with Gasteiger partial charge in [-0.05, 0) is 17.5 Å². The van der Waals surface area contributed by atoms with Crippen LogP contribution in [-0.4, -0.2) is 36.2 Å². The van der Waals surface area contributed by atoms with Gasteiger partial charge in [-0.15, -0.1) is 11.3 Å². The molecule has 1 saturated heterocycles. The van der Waals surface area contributed by atoms with Gasteiger partial charge in [-0.3, -0.25) is 4.90 Å². The molecule has 6 heteroatoms. The third kappa shape index (κ3) is 2.92. The van der Waals surface area contributed by atoms with Gasteiger partial charge in [0.1, 0.15) is 16.6 Å². The van der Waals surface area contributed by atoms with E-state index >= 15 is 0 Å². The van der Waals surface area contributed by atoms with E-state index in [0.29, 0.717) is 5.56 Å². The molecule has 1 fully saturated rings. The van der Waals surface area contributed by atoms with Crippen molar-refractivity contribution in [1.29, 1.82) is 0 Å². The smallest absolute Gasteiger partial charge is 0.145 e. The molecule has 2 heterocycles. The molecule has 2 aromatic rings. The van der Waals surface area contributed by atoms with Crippen molar-refractivity contribution in [2.75, 3.05) is 26.2 Å². The molecular formula is C15H16ClFN2OS. The second kappa shape index (κ2) is 6.32. The maximum Gasteiger partial charge on any atom is 0.145 e. The first kappa shape index (κ1) is 14.8. The monoisotopic (exact) mass is 326 g/mol. The molecule has 0 unspecified atom stereocenters. The van der Waals surface area contributed by atoms with Gasteiger partial charge in [-0.1, -0.05) is 23.7 Å². The SMILES string of the molecule is Oc1c([C@@H](c2cccs2)N2CCNCC2)ccc(F)c1Cl. The van der Waals surface area contributed by atoms with Crippen LogP contribution in [0.3, 0.4) is 0 Å². The minimum absolute atomic E-state index is 0.0924. The van der Waals surface area contributed by atoms with E-state index < -0.39 is 5.82 Å². The molecule has 1 atom stereocenters. The zero-order valence-electron chi connectivity index (χ0n) is 11.4. The summed E-state index contributed by atoms with van der Waals surface area (Å²) in [6.45, 7) is 3.54. The summed E-state index contributed by atoms with van der Waals surface area (Å²) in [6, 6.07) is 6.87. The molecule has 0 spiro atoms. The number of aromatic hydroxyl groups is 1. The number of rotatable bonds is 3. The average Bonchev–Trinajstić information content (AvgIpc) is 3.03. The van der Waals surface area contributed by atoms with Crippen LogP contribution in [0.4, 0.5) is 4.39 Å². The summed E-state index contributed by atoms with van der Waals surface area (Å²) in [4.78, 5) is 3.40. The molecular weight excluding hydrogens is 311 g/mol. The van der Waals surface area contributed by atoms with Gasteiger partial charge < -0.3 is 10.4 Å². The van der Waals surface area contributed by atoms with Crippen molar-refractivity contribution < 1.29 is 9.50 Å². The normalized spacial score (nSPS) is 17.8. The largest absolute Gasteiger partial charge is 0.506 e. The molecule has 1 aliphatic heterocycles. The van der Waals surface area contributed by atoms with Gasteiger partial charge in [0.05, 0.1) is 6.04 Å². The van der Waals surface area contributed by atoms with Crippen molar-refractivity contribution in [3.63, 3.8) is 0 Å². The maximum atomic E-state index is 13.5. The standard InChI is InChI=1S/C15H16ClFN2OS/c16-13-11(17)4-3-10(15(13)20)14(12-2-1-9-21-12)19-7-5-18-6-8-19/h1-4,9,14,18,20H,5-8H2/t14-/m0/s1. The molecule has 2 N–H and O–H groups in total. The third-order valence-corrected chi connectivity index (χ3v) is 5.01. The lowest BCUT2D eigenvalue weighted by Gasteiger charge is -2.35. The number of nitrogens with one attached hydrogen (secondary N) is 1. The molecule has 3 rings (SSSR count). The number of phenolic OH excluding ortho intramolecular Hbond substituents is 1. The highest BCUT2D eigenvalue weighted by Gasteiger charge is 2.28. The molecule has 0 aliphatic carbocycles. The first-order valence-corrected chi connectivity index (χ1v) is 8.09. The highest BCUT2D eigenvalue weighted by molar-refractivity contribution is 7.10. The van der Waals surface area contributed by atoms with Crippen LogP contribution >= 0.6 is 22.9 Å². The summed E-state index contributed by atoms with van der Waals surface area (Å²) >= 11 is 7.50. The van der Waals surface area contributed by atoms with Crippen molar-refractivity contribution in [2.24, 2.45) is 0 Å². The summed E-state index contributed by atoms with van der Waals surface area (Å²) in [5.74, 6) is -0.753. The molecule has 3 nitrogen and oxygen atoms in total. The third-order valence-electron chi connectivity index (χ3n) is 3.72. The lowest BCUT2D eigenvalue weighted by Crippen LogP contribution is -2.45. The predicted molar refractivity (Wildman–Crippen MR) is 83.7 cm³/mol. The quantitative estimate of drug-likeness (QED) is 0.909. The van der Waals surface area contributed by atoms with Gasteiger partial charge in [0.15, 0.2) is 0 Å². The Bertz CT molecular complexity index is 614. The van der Waals surface area contributed by atoms with E-state index in [-0.39, 0.29) is 16.8 Å². The highest BCUT2D eigenvalue weighted by atomic mass is 35.5. The Balaban J connectivity index is 2.05. The topological polar surface area (TPSA) is 35.5 Å². The summed E-state index contributed by atoms with van der Waals surface area (Å²) in [5.41, 5.74) is 0.658. The molecule has 0 amide bonds. The summed E-state index contributed by atoms with van der Waals surface area (Å²) in [7, 11) is 0. The van der Waals surface area contributed by atoms with E-state index in [4.69, 9.17) is 11.6 Å². The average molecular weight is 327 g/mol. The number of benzene rings is 1. The van der Waals surface area contributed by atoms with Crippen LogP contribution in [0.15, 0.2) is 29.6 Å². The molecule has 112 valence electrons. The number of thiophene rings is 1. The van der Waals surface area contributed by atoms with E-state index in [9.17, 15) is 9.50 Å². The summed E-state index contributed by atoms with van der Waals surface area (Å²) in [6.07, 6.45) is 0. The van der Waals surface area contributed by atoms with Crippen LogP contribution in [0.1, 0.15) is 16.5 Å². The van der Waals surface area contributed by atoms with E-state index in [0.717, 1.165) is 31.1 Å². The number of hydrogen-bond donors (Lipinski definition) is 2. The van der Waals surface area contributed by atoms with Gasteiger partial charge >= 0.3 is 0 Å². The zero-order chi connectivity index (χ0) is 14.8. The van der Waals surface area contributed by atoms with Gasteiger partial charge in [-0.2, -0.15) is 0 Å². The Morgan fingerprint density at radius 1 is 1.29 bits per heavy atom. The van der Waals surface area contributed by atoms with Crippen LogP contribution in [0.5, 0.6) is 5.75 Å². The van der Waals surface area contributed by atoms with Crippen LogP contribution < -0.4 is 5.32 Å². The summed E-state index contributed by atoms with van der Waals surface area (Å²) < 4.78 is 13.5. The zero-order valence-corrected chi connectivity index (χ0v) is 12.9. The fourth-order valence-electron chi connectivity index (χ4n) is 2.69. The van der Waals surface area contributed by atoms with E-state index in [1.165, 1.54) is 6.07 Å². The number of hydrogen-bond acceptors (Lipinski definition) is 4. The number of phenols is 1. The molecule has 0 saturated carbocycles. The molecule has 21 heavy (non-hydrogen) atoms. The Morgan fingerprint density at radius 2 is 2.05 bits per heavy atom. The van der Waals surface area contributed by atoms with E-state index in [2.05, 4.69) is 10.2 Å². The number of halogens is 2. The minimum Gasteiger partial charge on any atom is -0.506 e. The lowest BCUT2D eigenvalue weighted by atomic mass is 10.0.